The summed E-state index contributed by atoms with van der Waals surface area (Å²) >= 11 is 0. The van der Waals surface area contributed by atoms with Crippen LogP contribution in [0.4, 0.5) is 0 Å². The summed E-state index contributed by atoms with van der Waals surface area (Å²) in [5, 5.41) is 11.1. The lowest BCUT2D eigenvalue weighted by Gasteiger charge is -2.45. The first-order valence-corrected chi connectivity index (χ1v) is 8.14. The van der Waals surface area contributed by atoms with Gasteiger partial charge in [0.1, 0.15) is 0 Å². The van der Waals surface area contributed by atoms with Crippen molar-refractivity contribution in [1.82, 2.24) is 0 Å². The van der Waals surface area contributed by atoms with Crippen LogP contribution in [0.3, 0.4) is 0 Å². The zero-order chi connectivity index (χ0) is 13.8. The van der Waals surface area contributed by atoms with Gasteiger partial charge in [-0.25, -0.2) is 0 Å². The highest BCUT2D eigenvalue weighted by Crippen LogP contribution is 2.43. The Morgan fingerprint density at radius 1 is 1.00 bits per heavy atom. The van der Waals surface area contributed by atoms with Crippen molar-refractivity contribution in [2.24, 2.45) is 5.92 Å². The van der Waals surface area contributed by atoms with E-state index in [1.54, 1.807) is 0 Å². The van der Waals surface area contributed by atoms with Crippen LogP contribution in [-0.2, 0) is 10.2 Å². The van der Waals surface area contributed by atoms with E-state index >= 15 is 0 Å². The Kier molecular flexibility index (Phi) is 4.42. The van der Waals surface area contributed by atoms with E-state index in [2.05, 4.69) is 30.3 Å². The lowest BCUT2D eigenvalue weighted by atomic mass is 9.64. The lowest BCUT2D eigenvalue weighted by Crippen LogP contribution is -2.48. The molecule has 0 aromatic heterocycles. The molecule has 0 bridgehead atoms. The zero-order valence-corrected chi connectivity index (χ0v) is 12.3. The lowest BCUT2D eigenvalue weighted by molar-refractivity contribution is -0.0476. The summed E-state index contributed by atoms with van der Waals surface area (Å²) in [6, 6.07) is 10.6. The Hall–Kier alpha value is -0.860. The average Bonchev–Trinajstić information content (AvgIpc) is 2.56. The van der Waals surface area contributed by atoms with Crippen LogP contribution in [0, 0.1) is 5.92 Å². The van der Waals surface area contributed by atoms with Crippen LogP contribution in [0.1, 0.15) is 50.5 Å². The van der Waals surface area contributed by atoms with E-state index in [1.807, 2.05) is 0 Å². The van der Waals surface area contributed by atoms with E-state index in [0.29, 0.717) is 5.92 Å². The number of hydrogen-bond donors (Lipinski definition) is 1. The number of aliphatic hydroxyl groups excluding tert-OH is 1. The molecule has 1 unspecified atom stereocenters. The fourth-order valence-electron chi connectivity index (χ4n) is 4.16. The molecule has 1 saturated heterocycles. The van der Waals surface area contributed by atoms with E-state index in [-0.39, 0.29) is 11.5 Å². The summed E-state index contributed by atoms with van der Waals surface area (Å²) in [7, 11) is 0. The van der Waals surface area contributed by atoms with Crippen molar-refractivity contribution in [2.75, 3.05) is 13.2 Å². The second-order valence-corrected chi connectivity index (χ2v) is 6.48. The van der Waals surface area contributed by atoms with Crippen LogP contribution in [0.5, 0.6) is 0 Å². The van der Waals surface area contributed by atoms with Crippen LogP contribution < -0.4 is 0 Å². The van der Waals surface area contributed by atoms with Crippen LogP contribution in [0.2, 0.25) is 0 Å². The Morgan fingerprint density at radius 2 is 1.65 bits per heavy atom. The van der Waals surface area contributed by atoms with E-state index < -0.39 is 0 Å². The number of rotatable bonds is 3. The van der Waals surface area contributed by atoms with Crippen LogP contribution in [0.25, 0.3) is 0 Å². The van der Waals surface area contributed by atoms with Crippen LogP contribution in [0.15, 0.2) is 30.3 Å². The summed E-state index contributed by atoms with van der Waals surface area (Å²) in [6.07, 6.45) is 7.97. The minimum absolute atomic E-state index is 0.0818. The minimum atomic E-state index is -0.214. The highest BCUT2D eigenvalue weighted by atomic mass is 16.5. The zero-order valence-electron chi connectivity index (χ0n) is 12.3. The van der Waals surface area contributed by atoms with Crippen molar-refractivity contribution in [1.29, 1.82) is 0 Å². The fourth-order valence-corrected chi connectivity index (χ4v) is 4.16. The van der Waals surface area contributed by atoms with E-state index in [4.69, 9.17) is 4.74 Å². The van der Waals surface area contributed by atoms with Crippen molar-refractivity contribution in [3.8, 4) is 0 Å². The standard InChI is InChI=1S/C18H26O2/c19-17(15-7-3-1-4-8-15)18(11-13-20-14-12-18)16-9-5-2-6-10-16/h2,5-6,9-10,15,17,19H,1,3-4,7-8,11-14H2. The third-order valence-electron chi connectivity index (χ3n) is 5.40. The van der Waals surface area contributed by atoms with Gasteiger partial charge in [0.05, 0.1) is 6.10 Å². The van der Waals surface area contributed by atoms with Crippen molar-refractivity contribution >= 4 is 0 Å². The maximum absolute atomic E-state index is 11.1. The van der Waals surface area contributed by atoms with Gasteiger partial charge in [0.15, 0.2) is 0 Å². The van der Waals surface area contributed by atoms with Crippen molar-refractivity contribution in [2.45, 2.75) is 56.5 Å². The van der Waals surface area contributed by atoms with E-state index in [0.717, 1.165) is 26.1 Å². The number of benzene rings is 1. The third kappa shape index (κ3) is 2.64. The largest absolute Gasteiger partial charge is 0.392 e. The Bertz CT molecular complexity index is 403. The molecule has 0 radical (unpaired) electrons. The summed E-state index contributed by atoms with van der Waals surface area (Å²) in [5.74, 6) is 0.474. The number of aliphatic hydroxyl groups is 1. The van der Waals surface area contributed by atoms with Gasteiger partial charge in [-0.05, 0) is 37.2 Å². The molecule has 110 valence electrons. The highest BCUT2D eigenvalue weighted by molar-refractivity contribution is 5.28. The number of ether oxygens (including phenoxy) is 1. The molecular weight excluding hydrogens is 248 g/mol. The van der Waals surface area contributed by atoms with Crippen molar-refractivity contribution in [3.63, 3.8) is 0 Å². The van der Waals surface area contributed by atoms with Crippen LogP contribution in [-0.4, -0.2) is 24.4 Å². The molecule has 1 saturated carbocycles. The monoisotopic (exact) mass is 274 g/mol. The molecule has 1 aliphatic carbocycles. The van der Waals surface area contributed by atoms with Gasteiger partial charge in [-0.15, -0.1) is 0 Å². The maximum Gasteiger partial charge on any atom is 0.0666 e. The summed E-state index contributed by atoms with van der Waals surface area (Å²) in [6.45, 7) is 1.55. The molecule has 1 aromatic rings. The van der Waals surface area contributed by atoms with Gasteiger partial charge < -0.3 is 9.84 Å². The molecule has 1 aliphatic heterocycles. The van der Waals surface area contributed by atoms with E-state index in [1.165, 1.54) is 37.7 Å². The third-order valence-corrected chi connectivity index (χ3v) is 5.40. The summed E-state index contributed by atoms with van der Waals surface area (Å²) in [5.41, 5.74) is 1.22. The summed E-state index contributed by atoms with van der Waals surface area (Å²) < 4.78 is 5.57. The molecule has 20 heavy (non-hydrogen) atoms. The van der Waals surface area contributed by atoms with Crippen molar-refractivity contribution < 1.29 is 9.84 Å². The summed E-state index contributed by atoms with van der Waals surface area (Å²) in [4.78, 5) is 0. The van der Waals surface area contributed by atoms with Gasteiger partial charge >= 0.3 is 0 Å². The predicted octanol–water partition coefficient (Wildman–Crippen LogP) is 3.68. The molecule has 3 rings (SSSR count). The van der Waals surface area contributed by atoms with Crippen LogP contribution >= 0.6 is 0 Å². The first-order valence-electron chi connectivity index (χ1n) is 8.14. The van der Waals surface area contributed by atoms with E-state index in [9.17, 15) is 5.11 Å². The highest BCUT2D eigenvalue weighted by Gasteiger charge is 2.44. The Morgan fingerprint density at radius 3 is 2.30 bits per heavy atom. The molecule has 0 amide bonds. The van der Waals surface area contributed by atoms with Gasteiger partial charge in [0.2, 0.25) is 0 Å². The maximum atomic E-state index is 11.1. The molecule has 2 aliphatic rings. The van der Waals surface area contributed by atoms with Crippen molar-refractivity contribution in [3.05, 3.63) is 35.9 Å². The Balaban J connectivity index is 1.88. The molecule has 2 heteroatoms. The second-order valence-electron chi connectivity index (χ2n) is 6.48. The van der Waals surface area contributed by atoms with Gasteiger partial charge in [-0.2, -0.15) is 0 Å². The van der Waals surface area contributed by atoms with Gasteiger partial charge in [0, 0.05) is 18.6 Å². The van der Waals surface area contributed by atoms with Gasteiger partial charge in [0.25, 0.3) is 0 Å². The first-order chi connectivity index (χ1) is 9.83. The minimum Gasteiger partial charge on any atom is -0.392 e. The molecular formula is C18H26O2. The fraction of sp³-hybridized carbons (Fsp3) is 0.667. The second kappa shape index (κ2) is 6.28. The quantitative estimate of drug-likeness (QED) is 0.911. The normalized spacial score (nSPS) is 25.2. The molecule has 1 aromatic carbocycles. The first kappa shape index (κ1) is 14.1. The smallest absolute Gasteiger partial charge is 0.0666 e. The molecule has 2 nitrogen and oxygen atoms in total. The van der Waals surface area contributed by atoms with Gasteiger partial charge in [-0.1, -0.05) is 49.6 Å². The average molecular weight is 274 g/mol. The number of hydrogen-bond acceptors (Lipinski definition) is 2. The molecule has 0 spiro atoms. The molecule has 2 fully saturated rings. The molecule has 1 N–H and O–H groups in total. The topological polar surface area (TPSA) is 29.5 Å². The molecule has 1 heterocycles. The predicted molar refractivity (Wildman–Crippen MR) is 80.8 cm³/mol. The Labute approximate surface area is 122 Å². The SMILES string of the molecule is OC(C1CCCCC1)C1(c2ccccc2)CCOCC1. The molecule has 1 atom stereocenters. The van der Waals surface area contributed by atoms with Gasteiger partial charge in [-0.3, -0.25) is 0 Å².